The van der Waals surface area contributed by atoms with Gasteiger partial charge in [-0.15, -0.1) is 0 Å². The minimum absolute atomic E-state index is 0.437. The molecule has 1 unspecified atom stereocenters. The van der Waals surface area contributed by atoms with Crippen molar-refractivity contribution in [2.24, 2.45) is 0 Å². The molecule has 0 bridgehead atoms. The molecule has 1 fully saturated rings. The van der Waals surface area contributed by atoms with E-state index in [1.165, 1.54) is 50.7 Å². The smallest absolute Gasteiger partial charge is 0.0995 e. The average molecular weight is 318 g/mol. The average Bonchev–Trinajstić information content (AvgIpc) is 2.53. The van der Waals surface area contributed by atoms with Gasteiger partial charge in [-0.05, 0) is 18.6 Å². The highest BCUT2D eigenvalue weighted by molar-refractivity contribution is 7.99. The van der Waals surface area contributed by atoms with Gasteiger partial charge >= 0.3 is 0 Å². The highest BCUT2D eigenvalue weighted by atomic mass is 32.2. The third-order valence-corrected chi connectivity index (χ3v) is 5.11. The lowest BCUT2D eigenvalue weighted by Crippen LogP contribution is -2.39. The van der Waals surface area contributed by atoms with Crippen LogP contribution in [0.25, 0.3) is 0 Å². The third-order valence-electron chi connectivity index (χ3n) is 3.92. The Bertz CT molecular complexity index is 211. The SMILES string of the molecule is CCCCCCC(CSCCCC)OCN1CCOCC1. The van der Waals surface area contributed by atoms with Crippen molar-refractivity contribution in [3.63, 3.8) is 0 Å². The highest BCUT2D eigenvalue weighted by Crippen LogP contribution is 2.15. The first kappa shape index (κ1) is 19.3. The molecule has 0 saturated carbocycles. The number of thioether (sulfide) groups is 1. The first-order valence-electron chi connectivity index (χ1n) is 8.86. The molecule has 0 N–H and O–H groups in total. The lowest BCUT2D eigenvalue weighted by molar-refractivity contribution is -0.0566. The van der Waals surface area contributed by atoms with Gasteiger partial charge in [-0.2, -0.15) is 11.8 Å². The van der Waals surface area contributed by atoms with E-state index in [-0.39, 0.29) is 0 Å². The van der Waals surface area contributed by atoms with Crippen molar-refractivity contribution >= 4 is 11.8 Å². The van der Waals surface area contributed by atoms with Gasteiger partial charge in [0.1, 0.15) is 0 Å². The van der Waals surface area contributed by atoms with Gasteiger partial charge < -0.3 is 9.47 Å². The van der Waals surface area contributed by atoms with Gasteiger partial charge in [0.05, 0.1) is 26.0 Å². The quantitative estimate of drug-likeness (QED) is 0.475. The van der Waals surface area contributed by atoms with Crippen LogP contribution in [0.5, 0.6) is 0 Å². The summed E-state index contributed by atoms with van der Waals surface area (Å²) in [6, 6.07) is 0. The molecule has 21 heavy (non-hydrogen) atoms. The molecule has 1 atom stereocenters. The van der Waals surface area contributed by atoms with Crippen LogP contribution in [0.15, 0.2) is 0 Å². The zero-order valence-corrected chi connectivity index (χ0v) is 15.0. The van der Waals surface area contributed by atoms with Crippen LogP contribution in [0.2, 0.25) is 0 Å². The second kappa shape index (κ2) is 13.9. The van der Waals surface area contributed by atoms with Crippen molar-refractivity contribution in [2.75, 3.05) is 44.5 Å². The van der Waals surface area contributed by atoms with Crippen LogP contribution in [-0.2, 0) is 9.47 Å². The molecule has 1 saturated heterocycles. The first-order valence-corrected chi connectivity index (χ1v) is 10.0. The van der Waals surface area contributed by atoms with Gasteiger partial charge in [0.2, 0.25) is 0 Å². The van der Waals surface area contributed by atoms with Gasteiger partial charge in [0.25, 0.3) is 0 Å². The molecule has 0 aromatic rings. The summed E-state index contributed by atoms with van der Waals surface area (Å²) in [4.78, 5) is 2.37. The second-order valence-corrected chi connectivity index (χ2v) is 7.08. The number of rotatable bonds is 13. The standard InChI is InChI=1S/C17H35NO2S/c1-3-5-7-8-9-17(15-21-14-6-4-2)20-16-18-10-12-19-13-11-18/h17H,3-16H2,1-2H3. The Hall–Kier alpha value is 0.230. The summed E-state index contributed by atoms with van der Waals surface area (Å²) in [6.07, 6.45) is 9.63. The molecule has 126 valence electrons. The molecule has 4 heteroatoms. The van der Waals surface area contributed by atoms with Crippen LogP contribution < -0.4 is 0 Å². The van der Waals surface area contributed by atoms with Gasteiger partial charge in [0, 0.05) is 18.8 Å². The number of hydrogen-bond acceptors (Lipinski definition) is 4. The summed E-state index contributed by atoms with van der Waals surface area (Å²) in [7, 11) is 0. The summed E-state index contributed by atoms with van der Waals surface area (Å²) in [5, 5.41) is 0. The number of morpholine rings is 1. The molecule has 0 spiro atoms. The molecular weight excluding hydrogens is 282 g/mol. The molecule has 1 aliphatic rings. The van der Waals surface area contributed by atoms with E-state index in [4.69, 9.17) is 9.47 Å². The Morgan fingerprint density at radius 3 is 2.52 bits per heavy atom. The Balaban J connectivity index is 2.17. The van der Waals surface area contributed by atoms with Crippen LogP contribution in [-0.4, -0.2) is 55.5 Å². The lowest BCUT2D eigenvalue weighted by Gasteiger charge is -2.28. The van der Waals surface area contributed by atoms with Crippen molar-refractivity contribution in [1.82, 2.24) is 4.90 Å². The zero-order valence-electron chi connectivity index (χ0n) is 14.1. The Morgan fingerprint density at radius 1 is 1.05 bits per heavy atom. The zero-order chi connectivity index (χ0) is 15.2. The maximum atomic E-state index is 6.19. The van der Waals surface area contributed by atoms with Gasteiger partial charge in [-0.3, -0.25) is 4.90 Å². The van der Waals surface area contributed by atoms with Crippen LogP contribution in [0, 0.1) is 0 Å². The van der Waals surface area contributed by atoms with E-state index >= 15 is 0 Å². The highest BCUT2D eigenvalue weighted by Gasteiger charge is 2.14. The summed E-state index contributed by atoms with van der Waals surface area (Å²) in [5.74, 6) is 2.44. The fraction of sp³-hybridized carbons (Fsp3) is 1.00. The molecular formula is C17H35NO2S. The molecule has 0 radical (unpaired) electrons. The number of hydrogen-bond donors (Lipinski definition) is 0. The van der Waals surface area contributed by atoms with Crippen LogP contribution in [0.4, 0.5) is 0 Å². The fourth-order valence-electron chi connectivity index (χ4n) is 2.42. The summed E-state index contributed by atoms with van der Waals surface area (Å²) in [5.41, 5.74) is 0. The van der Waals surface area contributed by atoms with E-state index in [9.17, 15) is 0 Å². The molecule has 1 heterocycles. The maximum absolute atomic E-state index is 6.19. The molecule has 0 aliphatic carbocycles. The molecule has 1 aliphatic heterocycles. The summed E-state index contributed by atoms with van der Waals surface area (Å²) < 4.78 is 11.6. The number of unbranched alkanes of at least 4 members (excludes halogenated alkanes) is 4. The molecule has 3 nitrogen and oxygen atoms in total. The van der Waals surface area contributed by atoms with Crippen molar-refractivity contribution in [2.45, 2.75) is 64.9 Å². The Morgan fingerprint density at radius 2 is 1.81 bits per heavy atom. The summed E-state index contributed by atoms with van der Waals surface area (Å²) in [6.45, 7) is 9.07. The van der Waals surface area contributed by atoms with E-state index in [1.807, 2.05) is 0 Å². The lowest BCUT2D eigenvalue weighted by atomic mass is 10.1. The fourth-order valence-corrected chi connectivity index (χ4v) is 3.60. The Labute approximate surface area is 136 Å². The maximum Gasteiger partial charge on any atom is 0.0995 e. The predicted molar refractivity (Wildman–Crippen MR) is 93.1 cm³/mol. The van der Waals surface area contributed by atoms with E-state index in [2.05, 4.69) is 30.5 Å². The van der Waals surface area contributed by atoms with E-state index < -0.39 is 0 Å². The predicted octanol–water partition coefficient (Wildman–Crippen LogP) is 4.17. The topological polar surface area (TPSA) is 21.7 Å². The largest absolute Gasteiger partial charge is 0.379 e. The normalized spacial score (nSPS) is 18.0. The molecule has 1 rings (SSSR count). The van der Waals surface area contributed by atoms with E-state index in [1.54, 1.807) is 0 Å². The van der Waals surface area contributed by atoms with Gasteiger partial charge in [-0.25, -0.2) is 0 Å². The first-order chi connectivity index (χ1) is 10.4. The van der Waals surface area contributed by atoms with Gasteiger partial charge in [-0.1, -0.05) is 46.0 Å². The van der Waals surface area contributed by atoms with Crippen LogP contribution in [0.1, 0.15) is 58.8 Å². The molecule has 0 amide bonds. The molecule has 0 aromatic carbocycles. The van der Waals surface area contributed by atoms with Crippen molar-refractivity contribution in [1.29, 1.82) is 0 Å². The number of ether oxygens (including phenoxy) is 2. The summed E-state index contributed by atoms with van der Waals surface area (Å²) >= 11 is 2.07. The number of nitrogens with zero attached hydrogens (tertiary/aromatic N) is 1. The van der Waals surface area contributed by atoms with Crippen LogP contribution >= 0.6 is 11.8 Å². The minimum atomic E-state index is 0.437. The van der Waals surface area contributed by atoms with E-state index in [0.29, 0.717) is 6.10 Å². The van der Waals surface area contributed by atoms with Gasteiger partial charge in [0.15, 0.2) is 0 Å². The third kappa shape index (κ3) is 10.6. The van der Waals surface area contributed by atoms with Crippen molar-refractivity contribution < 1.29 is 9.47 Å². The second-order valence-electron chi connectivity index (χ2n) is 5.93. The van der Waals surface area contributed by atoms with E-state index in [0.717, 1.165) is 38.8 Å². The monoisotopic (exact) mass is 317 g/mol. The van der Waals surface area contributed by atoms with Crippen molar-refractivity contribution in [3.05, 3.63) is 0 Å². The Kier molecular flexibility index (Phi) is 12.7. The minimum Gasteiger partial charge on any atom is -0.379 e. The van der Waals surface area contributed by atoms with Crippen molar-refractivity contribution in [3.8, 4) is 0 Å². The molecule has 0 aromatic heterocycles. The van der Waals surface area contributed by atoms with Crippen LogP contribution in [0.3, 0.4) is 0 Å².